The van der Waals surface area contributed by atoms with Gasteiger partial charge in [-0.25, -0.2) is 4.98 Å². The molecule has 1 amide bonds. The molecule has 31 heavy (non-hydrogen) atoms. The van der Waals surface area contributed by atoms with Gasteiger partial charge in [-0.15, -0.1) is 0 Å². The van der Waals surface area contributed by atoms with Crippen molar-refractivity contribution in [1.82, 2.24) is 20.2 Å². The topological polar surface area (TPSA) is 73.8 Å². The summed E-state index contributed by atoms with van der Waals surface area (Å²) in [6, 6.07) is 0.229. The molecule has 0 saturated carbocycles. The highest BCUT2D eigenvalue weighted by molar-refractivity contribution is 5.77. The van der Waals surface area contributed by atoms with E-state index in [1.165, 1.54) is 0 Å². The number of carbonyl (C=O) groups is 1. The molecule has 1 aromatic rings. The van der Waals surface area contributed by atoms with Gasteiger partial charge in [-0.05, 0) is 26.7 Å². The molecular formula is C21H30F2N6O2. The van der Waals surface area contributed by atoms with Crippen LogP contribution in [0.5, 0.6) is 0 Å². The second-order valence-corrected chi connectivity index (χ2v) is 9.08. The van der Waals surface area contributed by atoms with Crippen LogP contribution in [0.15, 0.2) is 0 Å². The average Bonchev–Trinajstić information content (AvgIpc) is 3.06. The molecule has 1 N–H and O–H groups in total. The number of hydrogen-bond donors (Lipinski definition) is 1. The molecular weight excluding hydrogens is 406 g/mol. The number of halogens is 2. The van der Waals surface area contributed by atoms with Gasteiger partial charge in [0.15, 0.2) is 0 Å². The number of rotatable bonds is 5. The van der Waals surface area contributed by atoms with Crippen LogP contribution in [0.4, 0.5) is 20.5 Å². The van der Waals surface area contributed by atoms with Crippen molar-refractivity contribution < 1.29 is 18.3 Å². The number of ether oxygens (including phenoxy) is 1. The van der Waals surface area contributed by atoms with Crippen molar-refractivity contribution in [3.8, 4) is 0 Å². The first-order valence-corrected chi connectivity index (χ1v) is 11.3. The van der Waals surface area contributed by atoms with Crippen LogP contribution in [0.1, 0.15) is 37.9 Å². The predicted molar refractivity (Wildman–Crippen MR) is 112 cm³/mol. The van der Waals surface area contributed by atoms with E-state index < -0.39 is 5.92 Å². The fourth-order valence-corrected chi connectivity index (χ4v) is 4.80. The lowest BCUT2D eigenvalue weighted by Crippen LogP contribution is -2.61. The quantitative estimate of drug-likeness (QED) is 0.742. The maximum Gasteiger partial charge on any atom is 0.290 e. The summed E-state index contributed by atoms with van der Waals surface area (Å²) in [7, 11) is 0. The Balaban J connectivity index is 1.29. The molecule has 8 nitrogen and oxygen atoms in total. The third kappa shape index (κ3) is 3.63. The van der Waals surface area contributed by atoms with E-state index in [1.54, 1.807) is 0 Å². The van der Waals surface area contributed by atoms with Crippen LogP contribution in [-0.2, 0) is 21.9 Å². The Bertz CT molecular complexity index is 863. The van der Waals surface area contributed by atoms with Gasteiger partial charge in [-0.3, -0.25) is 4.79 Å². The van der Waals surface area contributed by atoms with Crippen molar-refractivity contribution in [3.63, 3.8) is 0 Å². The number of aromatic nitrogens is 2. The number of alkyl halides is 2. The van der Waals surface area contributed by atoms with Gasteiger partial charge in [0.1, 0.15) is 18.1 Å². The highest BCUT2D eigenvalue weighted by Crippen LogP contribution is 2.46. The van der Waals surface area contributed by atoms with E-state index in [4.69, 9.17) is 9.72 Å². The van der Waals surface area contributed by atoms with Gasteiger partial charge in [0, 0.05) is 57.3 Å². The Morgan fingerprint density at radius 3 is 2.61 bits per heavy atom. The Morgan fingerprint density at radius 1 is 1.19 bits per heavy atom. The Morgan fingerprint density at radius 2 is 1.97 bits per heavy atom. The van der Waals surface area contributed by atoms with Gasteiger partial charge in [-0.2, -0.15) is 13.8 Å². The maximum absolute atomic E-state index is 14.5. The maximum atomic E-state index is 14.5. The van der Waals surface area contributed by atoms with Crippen molar-refractivity contribution in [2.45, 2.75) is 57.2 Å². The molecule has 1 aromatic heterocycles. The smallest absolute Gasteiger partial charge is 0.290 e. The fourth-order valence-electron chi connectivity index (χ4n) is 4.80. The molecule has 0 radical (unpaired) electrons. The van der Waals surface area contributed by atoms with Crippen LogP contribution in [0, 0.1) is 0 Å². The van der Waals surface area contributed by atoms with Gasteiger partial charge in [0.25, 0.3) is 5.92 Å². The zero-order valence-electron chi connectivity index (χ0n) is 18.1. The summed E-state index contributed by atoms with van der Waals surface area (Å²) >= 11 is 0. The van der Waals surface area contributed by atoms with E-state index in [2.05, 4.69) is 17.2 Å². The summed E-state index contributed by atoms with van der Waals surface area (Å²) in [5, 5.41) is 3.23. The number of fused-ring (bicyclic) bond motifs is 1. The molecule has 0 aromatic carbocycles. The number of hydrogen-bond acceptors (Lipinski definition) is 7. The average molecular weight is 437 g/mol. The predicted octanol–water partition coefficient (Wildman–Crippen LogP) is 1.14. The minimum absolute atomic E-state index is 0.00350. The van der Waals surface area contributed by atoms with E-state index in [0.29, 0.717) is 37.0 Å². The number of piperazine rings is 1. The van der Waals surface area contributed by atoms with Gasteiger partial charge in [0.05, 0.1) is 12.1 Å². The molecule has 3 atom stereocenters. The Kier molecular flexibility index (Phi) is 5.24. The summed E-state index contributed by atoms with van der Waals surface area (Å²) in [4.78, 5) is 27.2. The van der Waals surface area contributed by atoms with Gasteiger partial charge in [0.2, 0.25) is 11.9 Å². The first-order chi connectivity index (χ1) is 14.8. The van der Waals surface area contributed by atoms with Crippen LogP contribution >= 0.6 is 0 Å². The Labute approximate surface area is 180 Å². The monoisotopic (exact) mass is 436 g/mol. The number of amides is 1. The minimum atomic E-state index is -2.91. The second-order valence-electron chi connectivity index (χ2n) is 9.08. The SMILES string of the molecule is CC1CCN1c1nc(N2C[C@@H](OCC(=O)N3CCNCC3)[C@@H]2C)c2c(n1)C(F)(F)CC2. The van der Waals surface area contributed by atoms with E-state index >= 15 is 0 Å². The van der Waals surface area contributed by atoms with Crippen LogP contribution in [0.25, 0.3) is 0 Å². The van der Waals surface area contributed by atoms with Gasteiger partial charge < -0.3 is 24.8 Å². The summed E-state index contributed by atoms with van der Waals surface area (Å²) in [5.74, 6) is -1.89. The fraction of sp³-hybridized carbons (Fsp3) is 0.762. The van der Waals surface area contributed by atoms with Crippen LogP contribution in [0.3, 0.4) is 0 Å². The van der Waals surface area contributed by atoms with Crippen molar-refractivity contribution in [3.05, 3.63) is 11.3 Å². The molecule has 3 aliphatic heterocycles. The summed E-state index contributed by atoms with van der Waals surface area (Å²) < 4.78 is 34.9. The lowest BCUT2D eigenvalue weighted by Gasteiger charge is -2.48. The summed E-state index contributed by atoms with van der Waals surface area (Å²) in [6.45, 7) is 8.46. The normalized spacial score (nSPS) is 29.4. The highest BCUT2D eigenvalue weighted by atomic mass is 19.3. The minimum Gasteiger partial charge on any atom is -0.364 e. The van der Waals surface area contributed by atoms with E-state index in [-0.39, 0.29) is 49.2 Å². The van der Waals surface area contributed by atoms with Crippen LogP contribution in [0.2, 0.25) is 0 Å². The van der Waals surface area contributed by atoms with Crippen molar-refractivity contribution in [1.29, 1.82) is 0 Å². The van der Waals surface area contributed by atoms with Crippen molar-refractivity contribution >= 4 is 17.7 Å². The summed E-state index contributed by atoms with van der Waals surface area (Å²) in [6.07, 6.45) is 0.961. The highest BCUT2D eigenvalue weighted by Gasteiger charge is 2.47. The van der Waals surface area contributed by atoms with Gasteiger partial charge in [-0.1, -0.05) is 0 Å². The third-order valence-electron chi connectivity index (χ3n) is 7.15. The molecule has 4 aliphatic rings. The zero-order valence-corrected chi connectivity index (χ0v) is 18.1. The molecule has 0 bridgehead atoms. The molecule has 1 aliphatic carbocycles. The van der Waals surface area contributed by atoms with Crippen LogP contribution < -0.4 is 15.1 Å². The van der Waals surface area contributed by atoms with Crippen LogP contribution in [-0.4, -0.2) is 84.8 Å². The van der Waals surface area contributed by atoms with Crippen molar-refractivity contribution in [2.75, 3.05) is 55.7 Å². The lowest BCUT2D eigenvalue weighted by atomic mass is 9.99. The number of carbonyl (C=O) groups excluding carboxylic acids is 1. The first kappa shape index (κ1) is 20.8. The zero-order chi connectivity index (χ0) is 21.8. The first-order valence-electron chi connectivity index (χ1n) is 11.3. The molecule has 1 unspecified atom stereocenters. The van der Waals surface area contributed by atoms with E-state index in [0.717, 1.165) is 26.1 Å². The molecule has 10 heteroatoms. The van der Waals surface area contributed by atoms with Crippen molar-refractivity contribution in [2.24, 2.45) is 0 Å². The van der Waals surface area contributed by atoms with E-state index in [1.807, 2.05) is 21.6 Å². The number of nitrogens with one attached hydrogen (secondary N) is 1. The molecule has 0 spiro atoms. The number of anilines is 2. The molecule has 5 rings (SSSR count). The molecule has 4 heterocycles. The molecule has 170 valence electrons. The Hall–Kier alpha value is -2.07. The third-order valence-corrected chi connectivity index (χ3v) is 7.15. The standard InChI is InChI=1S/C21H30F2N6O2/c1-13-4-8-28(13)20-25-18-15(3-5-21(18,22)23)19(26-20)29-11-16(14(29)2)31-12-17(30)27-9-6-24-7-10-27/h13-14,16,24H,3-12H2,1-2H3/t13?,14-,16+/m0/s1. The lowest BCUT2D eigenvalue weighted by molar-refractivity contribution is -0.140. The van der Waals surface area contributed by atoms with Gasteiger partial charge >= 0.3 is 0 Å². The van der Waals surface area contributed by atoms with E-state index in [9.17, 15) is 13.6 Å². The second kappa shape index (κ2) is 7.81. The largest absolute Gasteiger partial charge is 0.364 e. The molecule has 3 saturated heterocycles. The molecule has 3 fully saturated rings. The summed E-state index contributed by atoms with van der Waals surface area (Å²) in [5.41, 5.74) is 0.446. The number of nitrogens with zero attached hydrogens (tertiary/aromatic N) is 5.